The van der Waals surface area contributed by atoms with Gasteiger partial charge in [-0.25, -0.2) is 4.39 Å². The third kappa shape index (κ3) is 5.98. The number of hydrogen-bond acceptors (Lipinski definition) is 7. The van der Waals surface area contributed by atoms with Gasteiger partial charge in [-0.2, -0.15) is 0 Å². The fraction of sp³-hybridized carbons (Fsp3) is 0.158. The topological polar surface area (TPSA) is 102 Å². The molecule has 0 aliphatic rings. The first-order valence-electron chi connectivity index (χ1n) is 8.46. The Labute approximate surface area is 169 Å². The van der Waals surface area contributed by atoms with Crippen LogP contribution in [0.2, 0.25) is 0 Å². The Kier molecular flexibility index (Phi) is 6.69. The van der Waals surface area contributed by atoms with Gasteiger partial charge in [-0.3, -0.25) is 9.59 Å². The normalized spacial score (nSPS) is 10.3. The number of nitrogens with zero attached hydrogens (tertiary/aromatic N) is 2. The molecule has 1 heterocycles. The molecular formula is C19H17FN4O4S. The molecule has 10 heteroatoms. The minimum atomic E-state index is -0.463. The second kappa shape index (κ2) is 9.60. The lowest BCUT2D eigenvalue weighted by atomic mass is 10.3. The highest BCUT2D eigenvalue weighted by Gasteiger charge is 2.14. The lowest BCUT2D eigenvalue weighted by Gasteiger charge is -2.07. The van der Waals surface area contributed by atoms with Crippen LogP contribution in [0.15, 0.2) is 48.5 Å². The van der Waals surface area contributed by atoms with Crippen molar-refractivity contribution in [2.75, 3.05) is 19.0 Å². The predicted molar refractivity (Wildman–Crippen MR) is 105 cm³/mol. The van der Waals surface area contributed by atoms with E-state index >= 15 is 0 Å². The van der Waals surface area contributed by atoms with E-state index in [2.05, 4.69) is 20.8 Å². The number of anilines is 1. The van der Waals surface area contributed by atoms with Gasteiger partial charge >= 0.3 is 0 Å². The number of methoxy groups -OCH3 is 1. The smallest absolute Gasteiger partial charge is 0.286 e. The molecule has 0 fully saturated rings. The molecule has 0 atom stereocenters. The van der Waals surface area contributed by atoms with Crippen molar-refractivity contribution in [3.05, 3.63) is 64.4 Å². The van der Waals surface area contributed by atoms with Crippen molar-refractivity contribution in [1.29, 1.82) is 0 Å². The summed E-state index contributed by atoms with van der Waals surface area (Å²) in [6, 6.07) is 12.2. The van der Waals surface area contributed by atoms with Crippen LogP contribution in [0, 0.1) is 5.82 Å². The summed E-state index contributed by atoms with van der Waals surface area (Å²) in [6.45, 7) is -0.0463. The Bertz CT molecular complexity index is 977. The summed E-state index contributed by atoms with van der Waals surface area (Å²) < 4.78 is 23.3. The summed E-state index contributed by atoms with van der Waals surface area (Å²) in [5, 5.41) is 13.5. The van der Waals surface area contributed by atoms with Crippen LogP contribution in [0.25, 0.3) is 0 Å². The lowest BCUT2D eigenvalue weighted by molar-refractivity contribution is -0.123. The van der Waals surface area contributed by atoms with Crippen molar-refractivity contribution in [1.82, 2.24) is 15.5 Å². The van der Waals surface area contributed by atoms with Gasteiger partial charge in [0.2, 0.25) is 5.01 Å². The molecule has 0 saturated heterocycles. The summed E-state index contributed by atoms with van der Waals surface area (Å²) in [4.78, 5) is 24.1. The quantitative estimate of drug-likeness (QED) is 0.585. The summed E-state index contributed by atoms with van der Waals surface area (Å²) in [6.07, 6.45) is 0. The third-order valence-electron chi connectivity index (χ3n) is 3.63. The molecule has 150 valence electrons. The fourth-order valence-electron chi connectivity index (χ4n) is 2.18. The van der Waals surface area contributed by atoms with Gasteiger partial charge in [0.15, 0.2) is 6.61 Å². The highest BCUT2D eigenvalue weighted by Crippen LogP contribution is 2.17. The van der Waals surface area contributed by atoms with Crippen LogP contribution in [-0.2, 0) is 11.3 Å². The molecule has 3 rings (SSSR count). The molecule has 2 amide bonds. The Morgan fingerprint density at radius 1 is 1.03 bits per heavy atom. The van der Waals surface area contributed by atoms with E-state index in [4.69, 9.17) is 9.47 Å². The van der Waals surface area contributed by atoms with Crippen molar-refractivity contribution in [3.63, 3.8) is 0 Å². The zero-order valence-corrected chi connectivity index (χ0v) is 16.2. The molecule has 0 radical (unpaired) electrons. The molecule has 29 heavy (non-hydrogen) atoms. The van der Waals surface area contributed by atoms with E-state index in [1.165, 1.54) is 24.3 Å². The Hall–Kier alpha value is -3.53. The first-order valence-corrected chi connectivity index (χ1v) is 9.28. The van der Waals surface area contributed by atoms with Crippen molar-refractivity contribution >= 4 is 28.8 Å². The maximum atomic E-state index is 12.9. The SMILES string of the molecule is COc1ccc(OCC(=O)NCc2nnc(C(=O)Nc3ccc(F)cc3)s2)cc1. The molecule has 0 saturated carbocycles. The summed E-state index contributed by atoms with van der Waals surface area (Å²) in [5.74, 6) is 0.0322. The van der Waals surface area contributed by atoms with E-state index < -0.39 is 11.7 Å². The van der Waals surface area contributed by atoms with Gasteiger partial charge in [-0.05, 0) is 48.5 Å². The Morgan fingerprint density at radius 2 is 1.72 bits per heavy atom. The number of ether oxygens (including phenoxy) is 2. The number of nitrogens with one attached hydrogen (secondary N) is 2. The highest BCUT2D eigenvalue weighted by molar-refractivity contribution is 7.13. The molecule has 2 N–H and O–H groups in total. The number of carbonyl (C=O) groups excluding carboxylic acids is 2. The number of amides is 2. The molecule has 8 nitrogen and oxygen atoms in total. The van der Waals surface area contributed by atoms with Gasteiger partial charge in [-0.15, -0.1) is 10.2 Å². The minimum Gasteiger partial charge on any atom is -0.497 e. The highest BCUT2D eigenvalue weighted by atomic mass is 32.1. The average molecular weight is 416 g/mol. The first kappa shape index (κ1) is 20.2. The summed E-state index contributed by atoms with van der Waals surface area (Å²) in [5.41, 5.74) is 0.442. The number of halogens is 1. The van der Waals surface area contributed by atoms with E-state index in [1.54, 1.807) is 31.4 Å². The molecular weight excluding hydrogens is 399 g/mol. The van der Waals surface area contributed by atoms with Crippen LogP contribution in [0.3, 0.4) is 0 Å². The maximum absolute atomic E-state index is 12.9. The molecule has 3 aromatic rings. The van der Waals surface area contributed by atoms with Gasteiger partial charge in [0.1, 0.15) is 22.3 Å². The van der Waals surface area contributed by atoms with Gasteiger partial charge in [0.25, 0.3) is 11.8 Å². The minimum absolute atomic E-state index is 0.117. The number of aromatic nitrogens is 2. The number of benzene rings is 2. The van der Waals surface area contributed by atoms with E-state index in [0.717, 1.165) is 11.3 Å². The van der Waals surface area contributed by atoms with Gasteiger partial charge in [-0.1, -0.05) is 11.3 Å². The molecule has 0 unspecified atom stereocenters. The summed E-state index contributed by atoms with van der Waals surface area (Å²) in [7, 11) is 1.56. The Morgan fingerprint density at radius 3 is 2.41 bits per heavy atom. The van der Waals surface area contributed by atoms with Crippen LogP contribution in [0.4, 0.5) is 10.1 Å². The first-order chi connectivity index (χ1) is 14.0. The van der Waals surface area contributed by atoms with Crippen LogP contribution in [-0.4, -0.2) is 35.7 Å². The van der Waals surface area contributed by atoms with E-state index in [9.17, 15) is 14.0 Å². The number of carbonyl (C=O) groups is 2. The zero-order chi connectivity index (χ0) is 20.6. The largest absolute Gasteiger partial charge is 0.497 e. The molecule has 0 aliphatic carbocycles. The lowest BCUT2D eigenvalue weighted by Crippen LogP contribution is -2.28. The van der Waals surface area contributed by atoms with Gasteiger partial charge < -0.3 is 20.1 Å². The van der Waals surface area contributed by atoms with Crippen molar-refractivity contribution in [2.45, 2.75) is 6.54 Å². The number of rotatable bonds is 8. The molecule has 1 aromatic heterocycles. The second-order valence-electron chi connectivity index (χ2n) is 5.70. The van der Waals surface area contributed by atoms with Gasteiger partial charge in [0, 0.05) is 5.69 Å². The van der Waals surface area contributed by atoms with Gasteiger partial charge in [0.05, 0.1) is 13.7 Å². The number of hydrogen-bond donors (Lipinski definition) is 2. The third-order valence-corrected chi connectivity index (χ3v) is 4.55. The average Bonchev–Trinajstić information content (AvgIpc) is 3.22. The molecule has 0 bridgehead atoms. The van der Waals surface area contributed by atoms with E-state index in [-0.39, 0.29) is 24.1 Å². The van der Waals surface area contributed by atoms with Crippen LogP contribution in [0.5, 0.6) is 11.5 Å². The van der Waals surface area contributed by atoms with Crippen molar-refractivity contribution in [3.8, 4) is 11.5 Å². The zero-order valence-electron chi connectivity index (χ0n) is 15.3. The second-order valence-corrected chi connectivity index (χ2v) is 6.76. The summed E-state index contributed by atoms with van der Waals surface area (Å²) >= 11 is 1.05. The Balaban J connectivity index is 1.44. The van der Waals surface area contributed by atoms with Crippen LogP contribution >= 0.6 is 11.3 Å². The van der Waals surface area contributed by atoms with Crippen molar-refractivity contribution in [2.24, 2.45) is 0 Å². The fourth-order valence-corrected chi connectivity index (χ4v) is 2.86. The van der Waals surface area contributed by atoms with E-state index in [0.29, 0.717) is 22.2 Å². The van der Waals surface area contributed by atoms with Crippen molar-refractivity contribution < 1.29 is 23.5 Å². The van der Waals surface area contributed by atoms with Crippen LogP contribution < -0.4 is 20.1 Å². The van der Waals surface area contributed by atoms with E-state index in [1.807, 2.05) is 0 Å². The standard InChI is InChI=1S/C19H17FN4O4S/c1-27-14-6-8-15(9-7-14)28-11-16(25)21-10-17-23-24-19(29-17)18(26)22-13-4-2-12(20)3-5-13/h2-9H,10-11H2,1H3,(H,21,25)(H,22,26). The molecule has 0 spiro atoms. The molecule has 0 aliphatic heterocycles. The molecule has 2 aromatic carbocycles. The predicted octanol–water partition coefficient (Wildman–Crippen LogP) is 2.63. The van der Waals surface area contributed by atoms with Crippen LogP contribution in [0.1, 0.15) is 14.8 Å². The maximum Gasteiger partial charge on any atom is 0.286 e. The monoisotopic (exact) mass is 416 g/mol.